The number of rotatable bonds is 9. The van der Waals surface area contributed by atoms with Crippen LogP contribution in [0.2, 0.25) is 0 Å². The first kappa shape index (κ1) is 16.5. The van der Waals surface area contributed by atoms with Gasteiger partial charge in [-0.2, -0.15) is 0 Å². The fraction of sp³-hybridized carbons (Fsp3) is 0.533. The van der Waals surface area contributed by atoms with Gasteiger partial charge in [-0.3, -0.25) is 4.79 Å². The van der Waals surface area contributed by atoms with Crippen LogP contribution in [0.25, 0.3) is 0 Å². The summed E-state index contributed by atoms with van der Waals surface area (Å²) in [5.74, 6) is -0.0146. The van der Waals surface area contributed by atoms with Crippen molar-refractivity contribution in [1.82, 2.24) is 0 Å². The lowest BCUT2D eigenvalue weighted by Crippen LogP contribution is -2.13. The summed E-state index contributed by atoms with van der Waals surface area (Å²) in [4.78, 5) is 11.8. The highest BCUT2D eigenvalue weighted by atomic mass is 16.5. The Kier molecular flexibility index (Phi) is 7.69. The minimum absolute atomic E-state index is 0.0146. The van der Waals surface area contributed by atoms with E-state index in [9.17, 15) is 4.79 Å². The lowest BCUT2D eigenvalue weighted by Gasteiger charge is -2.10. The van der Waals surface area contributed by atoms with E-state index in [1.165, 1.54) is 0 Å². The van der Waals surface area contributed by atoms with Crippen LogP contribution in [-0.2, 0) is 14.3 Å². The Bertz CT molecular complexity index is 422. The zero-order chi connectivity index (χ0) is 14.8. The molecule has 0 saturated carbocycles. The summed E-state index contributed by atoms with van der Waals surface area (Å²) in [6, 6.07) is 5.50. The predicted molar refractivity (Wildman–Crippen MR) is 80.8 cm³/mol. The number of methoxy groups -OCH3 is 1. The molecule has 1 amide bonds. The van der Waals surface area contributed by atoms with Gasteiger partial charge in [0.25, 0.3) is 0 Å². The summed E-state index contributed by atoms with van der Waals surface area (Å²) in [7, 11) is 1.67. The normalized spacial score (nSPS) is 10.5. The smallest absolute Gasteiger partial charge is 0.224 e. The summed E-state index contributed by atoms with van der Waals surface area (Å²) in [6.07, 6.45) is 2.03. The van der Waals surface area contributed by atoms with E-state index in [0.29, 0.717) is 38.3 Å². The number of carbonyl (C=O) groups excluding carboxylic acids is 1. The first-order valence-corrected chi connectivity index (χ1v) is 6.86. The van der Waals surface area contributed by atoms with Crippen molar-refractivity contribution in [3.05, 3.63) is 23.8 Å². The van der Waals surface area contributed by atoms with Gasteiger partial charge in [-0.15, -0.1) is 0 Å². The van der Waals surface area contributed by atoms with Crippen LogP contribution in [0.3, 0.4) is 0 Å². The van der Waals surface area contributed by atoms with Crippen LogP contribution in [-0.4, -0.2) is 32.8 Å². The number of hydrogen-bond donors (Lipinski definition) is 2. The van der Waals surface area contributed by atoms with E-state index in [0.717, 1.165) is 17.7 Å². The molecule has 112 valence electrons. The molecule has 1 rings (SSSR count). The number of hydrogen-bond acceptors (Lipinski definition) is 4. The van der Waals surface area contributed by atoms with Crippen LogP contribution in [0.15, 0.2) is 18.2 Å². The number of amides is 1. The van der Waals surface area contributed by atoms with Gasteiger partial charge in [0.05, 0.1) is 0 Å². The highest BCUT2D eigenvalue weighted by Crippen LogP contribution is 2.20. The van der Waals surface area contributed by atoms with Crippen molar-refractivity contribution in [2.75, 3.05) is 38.0 Å². The molecule has 0 radical (unpaired) electrons. The summed E-state index contributed by atoms with van der Waals surface area (Å²) < 4.78 is 10.3. The van der Waals surface area contributed by atoms with E-state index in [1.54, 1.807) is 7.11 Å². The SMILES string of the molecule is COCCCOCCCC(=O)Nc1cccc(N)c1C. The fourth-order valence-electron chi connectivity index (χ4n) is 1.74. The molecule has 0 bridgehead atoms. The molecule has 0 saturated heterocycles. The molecule has 0 heterocycles. The van der Waals surface area contributed by atoms with Crippen molar-refractivity contribution in [1.29, 1.82) is 0 Å². The van der Waals surface area contributed by atoms with Crippen molar-refractivity contribution < 1.29 is 14.3 Å². The van der Waals surface area contributed by atoms with Gasteiger partial charge in [0, 0.05) is 44.7 Å². The van der Waals surface area contributed by atoms with Gasteiger partial charge in [0.15, 0.2) is 0 Å². The van der Waals surface area contributed by atoms with Crippen molar-refractivity contribution in [3.8, 4) is 0 Å². The molecule has 0 unspecified atom stereocenters. The molecule has 3 N–H and O–H groups in total. The van der Waals surface area contributed by atoms with Crippen LogP contribution >= 0.6 is 0 Å². The first-order chi connectivity index (χ1) is 9.65. The number of nitrogen functional groups attached to an aromatic ring is 1. The summed E-state index contributed by atoms with van der Waals surface area (Å²) in [5, 5.41) is 2.87. The lowest BCUT2D eigenvalue weighted by molar-refractivity contribution is -0.116. The van der Waals surface area contributed by atoms with Gasteiger partial charge in [0.1, 0.15) is 0 Å². The Morgan fingerprint density at radius 2 is 2.00 bits per heavy atom. The number of benzene rings is 1. The van der Waals surface area contributed by atoms with E-state index < -0.39 is 0 Å². The zero-order valence-electron chi connectivity index (χ0n) is 12.3. The molecular formula is C15H24N2O3. The number of nitrogens with one attached hydrogen (secondary N) is 1. The molecule has 20 heavy (non-hydrogen) atoms. The quantitative estimate of drug-likeness (QED) is 0.538. The second-order valence-corrected chi connectivity index (χ2v) is 4.63. The maximum absolute atomic E-state index is 11.8. The molecule has 0 fully saturated rings. The fourth-order valence-corrected chi connectivity index (χ4v) is 1.74. The summed E-state index contributed by atoms with van der Waals surface area (Å²) in [6.45, 7) is 3.86. The molecule has 5 heteroatoms. The molecule has 0 spiro atoms. The molecule has 1 aromatic carbocycles. The Labute approximate surface area is 120 Å². The maximum atomic E-state index is 11.8. The third-order valence-corrected chi connectivity index (χ3v) is 2.98. The van der Waals surface area contributed by atoms with Crippen molar-refractivity contribution in [2.45, 2.75) is 26.2 Å². The van der Waals surface area contributed by atoms with Gasteiger partial charge in [0.2, 0.25) is 5.91 Å². The van der Waals surface area contributed by atoms with E-state index in [2.05, 4.69) is 5.32 Å². The highest BCUT2D eigenvalue weighted by molar-refractivity contribution is 5.92. The number of carbonyl (C=O) groups is 1. The molecule has 0 aliphatic heterocycles. The standard InChI is InChI=1S/C15H24N2O3/c1-12-13(16)6-3-7-14(12)17-15(18)8-4-10-20-11-5-9-19-2/h3,6-7H,4-5,8-11,16H2,1-2H3,(H,17,18). The van der Waals surface area contributed by atoms with E-state index in [-0.39, 0.29) is 5.91 Å². The Morgan fingerprint density at radius 1 is 1.25 bits per heavy atom. The van der Waals surface area contributed by atoms with E-state index >= 15 is 0 Å². The topological polar surface area (TPSA) is 73.6 Å². The zero-order valence-corrected chi connectivity index (χ0v) is 12.3. The molecule has 0 aromatic heterocycles. The van der Waals surface area contributed by atoms with Crippen LogP contribution in [0, 0.1) is 6.92 Å². The second-order valence-electron chi connectivity index (χ2n) is 4.63. The molecule has 0 aliphatic rings. The summed E-state index contributed by atoms with van der Waals surface area (Å²) >= 11 is 0. The predicted octanol–water partition coefficient (Wildman–Crippen LogP) is 2.35. The monoisotopic (exact) mass is 280 g/mol. The number of nitrogens with two attached hydrogens (primary N) is 1. The van der Waals surface area contributed by atoms with Crippen molar-refractivity contribution in [3.63, 3.8) is 0 Å². The molecule has 1 aromatic rings. The van der Waals surface area contributed by atoms with Gasteiger partial charge in [-0.05, 0) is 37.5 Å². The largest absolute Gasteiger partial charge is 0.398 e. The Morgan fingerprint density at radius 3 is 2.75 bits per heavy atom. The molecule has 5 nitrogen and oxygen atoms in total. The molecule has 0 atom stereocenters. The van der Waals surface area contributed by atoms with Gasteiger partial charge < -0.3 is 20.5 Å². The van der Waals surface area contributed by atoms with Crippen molar-refractivity contribution >= 4 is 17.3 Å². The first-order valence-electron chi connectivity index (χ1n) is 6.86. The summed E-state index contributed by atoms with van der Waals surface area (Å²) in [5.41, 5.74) is 8.15. The van der Waals surface area contributed by atoms with Crippen LogP contribution < -0.4 is 11.1 Å². The minimum atomic E-state index is -0.0146. The lowest BCUT2D eigenvalue weighted by atomic mass is 10.1. The second kappa shape index (κ2) is 9.34. The number of anilines is 2. The van der Waals surface area contributed by atoms with Crippen molar-refractivity contribution in [2.24, 2.45) is 0 Å². The average Bonchev–Trinajstić information content (AvgIpc) is 2.43. The highest BCUT2D eigenvalue weighted by Gasteiger charge is 2.06. The molecular weight excluding hydrogens is 256 g/mol. The van der Waals surface area contributed by atoms with Gasteiger partial charge >= 0.3 is 0 Å². The molecule has 0 aliphatic carbocycles. The Hall–Kier alpha value is -1.59. The minimum Gasteiger partial charge on any atom is -0.398 e. The maximum Gasteiger partial charge on any atom is 0.224 e. The van der Waals surface area contributed by atoms with E-state index in [1.807, 2.05) is 25.1 Å². The third kappa shape index (κ3) is 6.04. The number of ether oxygens (including phenoxy) is 2. The Balaban J connectivity index is 2.19. The average molecular weight is 280 g/mol. The van der Waals surface area contributed by atoms with Crippen LogP contribution in [0.1, 0.15) is 24.8 Å². The van der Waals surface area contributed by atoms with Crippen LogP contribution in [0.4, 0.5) is 11.4 Å². The van der Waals surface area contributed by atoms with E-state index in [4.69, 9.17) is 15.2 Å². The van der Waals surface area contributed by atoms with Gasteiger partial charge in [-0.1, -0.05) is 6.07 Å². The van der Waals surface area contributed by atoms with Gasteiger partial charge in [-0.25, -0.2) is 0 Å². The van der Waals surface area contributed by atoms with Crippen LogP contribution in [0.5, 0.6) is 0 Å². The third-order valence-electron chi connectivity index (χ3n) is 2.98.